The Hall–Kier alpha value is -0.440. The monoisotopic (exact) mass is 416 g/mol. The molecule has 0 saturated heterocycles. The third-order valence-electron chi connectivity index (χ3n) is 6.56. The van der Waals surface area contributed by atoms with E-state index < -0.39 is 0 Å². The van der Waals surface area contributed by atoms with Crippen LogP contribution in [-0.2, 0) is 0 Å². The molecule has 0 heteroatoms. The van der Waals surface area contributed by atoms with E-state index in [1.165, 1.54) is 116 Å². The summed E-state index contributed by atoms with van der Waals surface area (Å²) in [7, 11) is 0. The van der Waals surface area contributed by atoms with E-state index in [2.05, 4.69) is 39.5 Å². The highest BCUT2D eigenvalue weighted by atomic mass is 14.2. The van der Waals surface area contributed by atoms with Gasteiger partial charge in [0.25, 0.3) is 0 Å². The van der Waals surface area contributed by atoms with Gasteiger partial charge in [-0.15, -0.1) is 11.8 Å². The Kier molecular flexibility index (Phi) is 24.5. The fourth-order valence-corrected chi connectivity index (χ4v) is 4.23. The minimum atomic E-state index is 0.772. The van der Waals surface area contributed by atoms with Gasteiger partial charge >= 0.3 is 0 Å². The van der Waals surface area contributed by atoms with E-state index in [1.54, 1.807) is 0 Å². The Morgan fingerprint density at radius 1 is 0.500 bits per heavy atom. The summed E-state index contributed by atoms with van der Waals surface area (Å²) < 4.78 is 0. The van der Waals surface area contributed by atoms with Crippen LogP contribution in [0.25, 0.3) is 0 Å². The van der Waals surface area contributed by atoms with Crippen molar-refractivity contribution in [1.29, 1.82) is 0 Å². The second-order valence-electron chi connectivity index (χ2n) is 9.82. The Bertz CT molecular complexity index is 369. The molecule has 0 bridgehead atoms. The predicted molar refractivity (Wildman–Crippen MR) is 138 cm³/mol. The topological polar surface area (TPSA) is 0 Å². The predicted octanol–water partition coefficient (Wildman–Crippen LogP) is 10.5. The van der Waals surface area contributed by atoms with Crippen molar-refractivity contribution in [3.05, 3.63) is 13.8 Å². The molecule has 0 heterocycles. The highest BCUT2D eigenvalue weighted by Gasteiger charge is 2.11. The molecule has 0 saturated carbocycles. The fourth-order valence-electron chi connectivity index (χ4n) is 4.23. The van der Waals surface area contributed by atoms with Crippen LogP contribution >= 0.6 is 0 Å². The van der Waals surface area contributed by atoms with E-state index in [1.807, 2.05) is 0 Å². The first kappa shape index (κ1) is 29.6. The van der Waals surface area contributed by atoms with Gasteiger partial charge in [-0.1, -0.05) is 143 Å². The molecule has 0 fully saturated rings. The van der Waals surface area contributed by atoms with Crippen molar-refractivity contribution in [1.82, 2.24) is 0 Å². The van der Waals surface area contributed by atoms with Crippen LogP contribution in [0.3, 0.4) is 0 Å². The third-order valence-corrected chi connectivity index (χ3v) is 6.56. The molecule has 1 atom stereocenters. The van der Waals surface area contributed by atoms with Crippen LogP contribution in [0, 0.1) is 37.5 Å². The molecule has 176 valence electrons. The zero-order valence-corrected chi connectivity index (χ0v) is 21.1. The molecule has 0 N–H and O–H groups in total. The largest absolute Gasteiger partial charge is 0.103 e. The van der Waals surface area contributed by atoms with Gasteiger partial charge in [-0.3, -0.25) is 0 Å². The van der Waals surface area contributed by atoms with Gasteiger partial charge in [-0.2, -0.15) is 0 Å². The van der Waals surface area contributed by atoms with E-state index >= 15 is 0 Å². The van der Waals surface area contributed by atoms with Crippen molar-refractivity contribution in [3.63, 3.8) is 0 Å². The Labute approximate surface area is 192 Å². The summed E-state index contributed by atoms with van der Waals surface area (Å²) in [6.45, 7) is 12.6. The molecule has 0 nitrogen and oxygen atoms in total. The highest BCUT2D eigenvalue weighted by Crippen LogP contribution is 2.22. The number of unbranched alkanes of at least 4 members (excludes halogenated alkanes) is 18. The summed E-state index contributed by atoms with van der Waals surface area (Å²) in [4.78, 5) is 0. The number of rotatable bonds is 22. The summed E-state index contributed by atoms with van der Waals surface area (Å²) in [6.07, 6.45) is 29.6. The Morgan fingerprint density at radius 2 is 0.900 bits per heavy atom. The average molecular weight is 417 g/mol. The van der Waals surface area contributed by atoms with Crippen molar-refractivity contribution in [2.45, 2.75) is 155 Å². The van der Waals surface area contributed by atoms with Gasteiger partial charge in [0.2, 0.25) is 0 Å². The average Bonchev–Trinajstić information content (AvgIpc) is 2.74. The second-order valence-corrected chi connectivity index (χ2v) is 9.82. The molecular formula is C30H56. The molecule has 0 aliphatic heterocycles. The number of hydrogen-bond donors (Lipinski definition) is 0. The van der Waals surface area contributed by atoms with Crippen molar-refractivity contribution in [2.24, 2.45) is 11.8 Å². The second kappa shape index (κ2) is 24.8. The van der Waals surface area contributed by atoms with Crippen LogP contribution in [0.5, 0.6) is 0 Å². The van der Waals surface area contributed by atoms with Gasteiger partial charge < -0.3 is 0 Å². The zero-order valence-electron chi connectivity index (χ0n) is 21.1. The lowest BCUT2D eigenvalue weighted by molar-refractivity contribution is 0.351. The Morgan fingerprint density at radius 3 is 1.33 bits per heavy atom. The van der Waals surface area contributed by atoms with Gasteiger partial charge in [0.1, 0.15) is 0 Å². The molecule has 30 heavy (non-hydrogen) atoms. The molecule has 1 unspecified atom stereocenters. The molecule has 0 aromatic rings. The van der Waals surface area contributed by atoms with Crippen LogP contribution in [0.15, 0.2) is 0 Å². The minimum absolute atomic E-state index is 0.772. The van der Waals surface area contributed by atoms with Gasteiger partial charge in [0.05, 0.1) is 0 Å². The van der Waals surface area contributed by atoms with E-state index in [-0.39, 0.29) is 0 Å². The van der Waals surface area contributed by atoms with Gasteiger partial charge in [-0.25, -0.2) is 0 Å². The standard InChI is InChI=1S/C30H56/c1-5-7-9-11-13-14-15-16-17-18-19-20-22-24-26-28-30(29(3)4)27-25-23-21-12-10-8-6-2/h29-30H,1-2,5-22,24,26-28H2,3-4H3. The molecule has 0 spiro atoms. The van der Waals surface area contributed by atoms with Crippen LogP contribution in [0.2, 0.25) is 0 Å². The Balaban J connectivity index is 3.46. The van der Waals surface area contributed by atoms with Gasteiger partial charge in [0.15, 0.2) is 0 Å². The summed E-state index contributed by atoms with van der Waals surface area (Å²) in [5, 5.41) is 0. The van der Waals surface area contributed by atoms with E-state index in [9.17, 15) is 0 Å². The summed E-state index contributed by atoms with van der Waals surface area (Å²) in [5.74, 6) is 8.46. The first-order valence-electron chi connectivity index (χ1n) is 13.8. The van der Waals surface area contributed by atoms with Crippen LogP contribution < -0.4 is 0 Å². The fraction of sp³-hybridized carbons (Fsp3) is 0.867. The van der Waals surface area contributed by atoms with Crippen LogP contribution in [0.4, 0.5) is 0 Å². The quantitative estimate of drug-likeness (QED) is 0.122. The smallest absolute Gasteiger partial charge is 0.0119 e. The highest BCUT2D eigenvalue weighted by molar-refractivity contribution is 5.00. The maximum absolute atomic E-state index is 3.92. The summed E-state index contributed by atoms with van der Waals surface area (Å²) in [6, 6.07) is 0. The summed E-state index contributed by atoms with van der Waals surface area (Å²) in [5.41, 5.74) is 0. The number of hydrogen-bond acceptors (Lipinski definition) is 0. The molecular weight excluding hydrogens is 360 g/mol. The van der Waals surface area contributed by atoms with Crippen molar-refractivity contribution in [2.75, 3.05) is 0 Å². The SMILES string of the molecule is [CH2]CCCCCC#CCC(CCCCCCCCCCCCCCCC[CH2])C(C)C. The van der Waals surface area contributed by atoms with Crippen molar-refractivity contribution < 1.29 is 0 Å². The normalized spacial score (nSPS) is 12.2. The molecule has 0 aromatic heterocycles. The molecule has 0 rings (SSSR count). The molecule has 0 aliphatic carbocycles. The van der Waals surface area contributed by atoms with E-state index in [4.69, 9.17) is 0 Å². The maximum atomic E-state index is 3.92. The first-order valence-corrected chi connectivity index (χ1v) is 13.8. The lowest BCUT2D eigenvalue weighted by atomic mass is 9.87. The van der Waals surface area contributed by atoms with E-state index in [0.717, 1.165) is 37.5 Å². The lowest BCUT2D eigenvalue weighted by Crippen LogP contribution is -2.07. The van der Waals surface area contributed by atoms with Crippen molar-refractivity contribution >= 4 is 0 Å². The van der Waals surface area contributed by atoms with Crippen LogP contribution in [0.1, 0.15) is 155 Å². The first-order chi connectivity index (χ1) is 14.7. The van der Waals surface area contributed by atoms with Gasteiger partial charge in [-0.05, 0) is 24.7 Å². The van der Waals surface area contributed by atoms with Crippen molar-refractivity contribution in [3.8, 4) is 11.8 Å². The lowest BCUT2D eigenvalue weighted by Gasteiger charge is -2.18. The zero-order chi connectivity index (χ0) is 22.1. The van der Waals surface area contributed by atoms with E-state index in [0.29, 0.717) is 0 Å². The summed E-state index contributed by atoms with van der Waals surface area (Å²) >= 11 is 0. The maximum Gasteiger partial charge on any atom is 0.0119 e. The van der Waals surface area contributed by atoms with Gasteiger partial charge in [0, 0.05) is 12.8 Å². The third kappa shape index (κ3) is 22.2. The molecule has 0 aromatic carbocycles. The molecule has 0 aliphatic rings. The van der Waals surface area contributed by atoms with Crippen LogP contribution in [-0.4, -0.2) is 0 Å². The molecule has 2 radical (unpaired) electrons. The molecule has 0 amide bonds. The minimum Gasteiger partial charge on any atom is -0.103 e.